The Morgan fingerprint density at radius 3 is 2.81 bits per heavy atom. The number of aryl methyl sites for hydroxylation is 1. The van der Waals surface area contributed by atoms with Crippen molar-refractivity contribution in [3.63, 3.8) is 0 Å². The van der Waals surface area contributed by atoms with Crippen molar-refractivity contribution < 1.29 is 9.90 Å². The van der Waals surface area contributed by atoms with Gasteiger partial charge < -0.3 is 20.3 Å². The fourth-order valence-electron chi connectivity index (χ4n) is 2.03. The molecule has 0 aliphatic heterocycles. The highest BCUT2D eigenvalue weighted by Crippen LogP contribution is 2.26. The van der Waals surface area contributed by atoms with Gasteiger partial charge in [0.2, 0.25) is 0 Å². The molecule has 0 saturated carbocycles. The van der Waals surface area contributed by atoms with Crippen molar-refractivity contribution in [2.45, 2.75) is 13.5 Å². The molecule has 0 saturated heterocycles. The first kappa shape index (κ1) is 15.6. The van der Waals surface area contributed by atoms with Gasteiger partial charge in [-0.05, 0) is 26.6 Å². The number of carbonyl (C=O) groups excluding carboxylic acids is 1. The normalized spacial score (nSPS) is 11.3. The van der Waals surface area contributed by atoms with Crippen molar-refractivity contribution in [1.82, 2.24) is 20.2 Å². The number of aliphatic hydroxyl groups is 1. The summed E-state index contributed by atoms with van der Waals surface area (Å²) in [4.78, 5) is 34.3. The number of nitrogens with one attached hydrogen (secondary N) is 2. The van der Waals surface area contributed by atoms with Crippen LogP contribution in [0.4, 0.5) is 0 Å². The molecule has 0 aliphatic carbocycles. The fourth-order valence-corrected chi connectivity index (χ4v) is 3.15. The first-order valence-electron chi connectivity index (χ1n) is 6.50. The third kappa shape index (κ3) is 3.29. The Balaban J connectivity index is 2.47. The van der Waals surface area contributed by atoms with Crippen LogP contribution in [0.1, 0.15) is 21.1 Å². The van der Waals surface area contributed by atoms with Gasteiger partial charge in [-0.1, -0.05) is 0 Å². The lowest BCUT2D eigenvalue weighted by Crippen LogP contribution is -2.26. The number of fused-ring (bicyclic) bond motifs is 1. The van der Waals surface area contributed by atoms with E-state index in [1.54, 1.807) is 6.92 Å². The number of carbonyl (C=O) groups is 1. The molecule has 2 aromatic heterocycles. The summed E-state index contributed by atoms with van der Waals surface area (Å²) in [5, 5.41) is 11.8. The van der Waals surface area contributed by atoms with Crippen molar-refractivity contribution in [3.8, 4) is 0 Å². The van der Waals surface area contributed by atoms with Crippen LogP contribution < -0.4 is 10.9 Å². The summed E-state index contributed by atoms with van der Waals surface area (Å²) in [6.07, 6.45) is 0. The largest absolute Gasteiger partial charge is 0.395 e. The Morgan fingerprint density at radius 2 is 2.19 bits per heavy atom. The molecule has 3 N–H and O–H groups in total. The van der Waals surface area contributed by atoms with E-state index < -0.39 is 0 Å². The molecule has 2 heterocycles. The van der Waals surface area contributed by atoms with Crippen LogP contribution >= 0.6 is 11.3 Å². The number of rotatable bonds is 5. The van der Waals surface area contributed by atoms with E-state index in [2.05, 4.69) is 15.3 Å². The van der Waals surface area contributed by atoms with Crippen molar-refractivity contribution >= 4 is 27.5 Å². The molecule has 8 heteroatoms. The van der Waals surface area contributed by atoms with Crippen LogP contribution in [-0.2, 0) is 6.54 Å². The number of H-pyrrole nitrogens is 1. The number of aromatic nitrogens is 2. The summed E-state index contributed by atoms with van der Waals surface area (Å²) in [5.41, 5.74) is 0.391. The minimum atomic E-state index is -0.293. The quantitative estimate of drug-likeness (QED) is 0.726. The Labute approximate surface area is 125 Å². The highest BCUT2D eigenvalue weighted by molar-refractivity contribution is 7.20. The van der Waals surface area contributed by atoms with E-state index in [0.29, 0.717) is 33.0 Å². The van der Waals surface area contributed by atoms with Crippen LogP contribution in [0.5, 0.6) is 0 Å². The van der Waals surface area contributed by atoms with Crippen molar-refractivity contribution in [3.05, 3.63) is 26.6 Å². The average molecular weight is 310 g/mol. The molecule has 21 heavy (non-hydrogen) atoms. The predicted molar refractivity (Wildman–Crippen MR) is 81.8 cm³/mol. The van der Waals surface area contributed by atoms with Crippen LogP contribution in [0, 0.1) is 6.92 Å². The Kier molecular flexibility index (Phi) is 4.71. The minimum absolute atomic E-state index is 0.124. The van der Waals surface area contributed by atoms with E-state index in [1.807, 2.05) is 19.0 Å². The lowest BCUT2D eigenvalue weighted by molar-refractivity contribution is 0.0948. The van der Waals surface area contributed by atoms with Crippen LogP contribution in [0.3, 0.4) is 0 Å². The minimum Gasteiger partial charge on any atom is -0.395 e. The van der Waals surface area contributed by atoms with Gasteiger partial charge in [-0.3, -0.25) is 9.59 Å². The molecule has 0 aromatic carbocycles. The summed E-state index contributed by atoms with van der Waals surface area (Å²) in [6, 6.07) is 0. The molecule has 0 bridgehead atoms. The molecular formula is C13H18N4O3S. The van der Waals surface area contributed by atoms with Crippen LogP contribution in [-0.4, -0.2) is 53.1 Å². The topological polar surface area (TPSA) is 98.3 Å². The number of hydrogen-bond donors (Lipinski definition) is 3. The van der Waals surface area contributed by atoms with E-state index in [4.69, 9.17) is 5.11 Å². The summed E-state index contributed by atoms with van der Waals surface area (Å²) in [5.74, 6) is 0.277. The molecule has 0 spiro atoms. The zero-order chi connectivity index (χ0) is 15.6. The van der Waals surface area contributed by atoms with Gasteiger partial charge >= 0.3 is 0 Å². The molecule has 7 nitrogen and oxygen atoms in total. The van der Waals surface area contributed by atoms with Gasteiger partial charge in [-0.25, -0.2) is 4.98 Å². The van der Waals surface area contributed by atoms with Crippen molar-refractivity contribution in [2.75, 3.05) is 27.2 Å². The summed E-state index contributed by atoms with van der Waals surface area (Å²) < 4.78 is 0. The van der Waals surface area contributed by atoms with Crippen LogP contribution in [0.2, 0.25) is 0 Å². The number of amides is 1. The summed E-state index contributed by atoms with van der Waals surface area (Å²) in [6.45, 7) is 2.31. The third-order valence-corrected chi connectivity index (χ3v) is 4.10. The van der Waals surface area contributed by atoms with E-state index in [9.17, 15) is 9.59 Å². The molecule has 114 valence electrons. The highest BCUT2D eigenvalue weighted by Gasteiger charge is 2.19. The number of thiophene rings is 1. The number of nitrogens with zero attached hydrogens (tertiary/aromatic N) is 2. The zero-order valence-corrected chi connectivity index (χ0v) is 13.0. The molecular weight excluding hydrogens is 292 g/mol. The Hall–Kier alpha value is -1.77. The van der Waals surface area contributed by atoms with E-state index in [-0.39, 0.29) is 24.6 Å². The van der Waals surface area contributed by atoms with Gasteiger partial charge in [0.15, 0.2) is 0 Å². The monoisotopic (exact) mass is 310 g/mol. The maximum Gasteiger partial charge on any atom is 0.261 e. The number of hydrogen-bond acceptors (Lipinski definition) is 6. The highest BCUT2D eigenvalue weighted by atomic mass is 32.1. The molecule has 0 radical (unpaired) electrons. The SMILES string of the molecule is Cc1c(C(=O)NCCO)sc2nc(CN(C)C)[nH]c(=O)c12. The molecule has 2 rings (SSSR count). The molecule has 2 aromatic rings. The third-order valence-electron chi connectivity index (χ3n) is 2.92. The second-order valence-electron chi connectivity index (χ2n) is 4.97. The standard InChI is InChI=1S/C13H18N4O3S/c1-7-9-11(19)15-8(6-17(2)3)16-13(9)21-10(7)12(20)14-4-5-18/h18H,4-6H2,1-3H3,(H,14,20)(H,15,16,19). The smallest absolute Gasteiger partial charge is 0.261 e. The first-order valence-corrected chi connectivity index (χ1v) is 7.31. The van der Waals surface area contributed by atoms with Gasteiger partial charge in [0.1, 0.15) is 10.7 Å². The second kappa shape index (κ2) is 6.33. The average Bonchev–Trinajstić information content (AvgIpc) is 2.72. The fraction of sp³-hybridized carbons (Fsp3) is 0.462. The maximum atomic E-state index is 12.2. The molecule has 0 unspecified atom stereocenters. The van der Waals surface area contributed by atoms with Gasteiger partial charge in [-0.15, -0.1) is 11.3 Å². The summed E-state index contributed by atoms with van der Waals surface area (Å²) >= 11 is 1.19. The maximum absolute atomic E-state index is 12.2. The Morgan fingerprint density at radius 1 is 1.48 bits per heavy atom. The molecule has 0 fully saturated rings. The lowest BCUT2D eigenvalue weighted by Gasteiger charge is -2.07. The van der Waals surface area contributed by atoms with E-state index in [0.717, 1.165) is 0 Å². The summed E-state index contributed by atoms with van der Waals surface area (Å²) in [7, 11) is 3.77. The van der Waals surface area contributed by atoms with Crippen molar-refractivity contribution in [2.24, 2.45) is 0 Å². The Bertz CT molecular complexity index is 720. The zero-order valence-electron chi connectivity index (χ0n) is 12.2. The molecule has 1 amide bonds. The van der Waals surface area contributed by atoms with Gasteiger partial charge in [0.25, 0.3) is 11.5 Å². The predicted octanol–water partition coefficient (Wildman–Crippen LogP) is 0.0767. The van der Waals surface area contributed by atoms with Crippen LogP contribution in [0.15, 0.2) is 4.79 Å². The van der Waals surface area contributed by atoms with Gasteiger partial charge in [0, 0.05) is 6.54 Å². The second-order valence-corrected chi connectivity index (χ2v) is 5.97. The lowest BCUT2D eigenvalue weighted by atomic mass is 10.2. The van der Waals surface area contributed by atoms with Crippen LogP contribution in [0.25, 0.3) is 10.2 Å². The van der Waals surface area contributed by atoms with E-state index >= 15 is 0 Å². The first-order chi connectivity index (χ1) is 9.93. The van der Waals surface area contributed by atoms with Gasteiger partial charge in [0.05, 0.1) is 23.4 Å². The number of aliphatic hydroxyl groups excluding tert-OH is 1. The molecule has 0 atom stereocenters. The molecule has 0 aliphatic rings. The number of aromatic amines is 1. The van der Waals surface area contributed by atoms with Gasteiger partial charge in [-0.2, -0.15) is 0 Å². The van der Waals surface area contributed by atoms with Crippen molar-refractivity contribution in [1.29, 1.82) is 0 Å². The van der Waals surface area contributed by atoms with E-state index in [1.165, 1.54) is 11.3 Å².